The van der Waals surface area contributed by atoms with Crippen LogP contribution in [0.1, 0.15) is 5.82 Å². The molecule has 0 aliphatic heterocycles. The second-order valence-corrected chi connectivity index (χ2v) is 7.63. The topological polar surface area (TPSA) is 156 Å². The van der Waals surface area contributed by atoms with Gasteiger partial charge in [0.2, 0.25) is 0 Å². The highest BCUT2D eigenvalue weighted by Crippen LogP contribution is 2.24. The summed E-state index contributed by atoms with van der Waals surface area (Å²) in [6.07, 6.45) is 3.30. The molecule has 0 aliphatic carbocycles. The largest absolute Gasteiger partial charge is 0.379 e. The number of H-pyrrole nitrogens is 2. The number of urea groups is 1. The van der Waals surface area contributed by atoms with Crippen LogP contribution in [-0.4, -0.2) is 34.4 Å². The minimum atomic E-state index is -4.02. The number of carbonyl (C=O) groups excluding carboxylic acids is 1. The molecule has 0 fully saturated rings. The Morgan fingerprint density at radius 1 is 1.17 bits per heavy atom. The first-order valence-electron chi connectivity index (χ1n) is 8.47. The Morgan fingerprint density at radius 3 is 2.66 bits per heavy atom. The molecule has 29 heavy (non-hydrogen) atoms. The van der Waals surface area contributed by atoms with Crippen LogP contribution in [0.25, 0.3) is 22.4 Å². The first-order chi connectivity index (χ1) is 13.9. The molecule has 0 bridgehead atoms. The number of imidazole rings is 2. The summed E-state index contributed by atoms with van der Waals surface area (Å²) in [4.78, 5) is 25.2. The molecule has 0 aliphatic rings. The summed E-state index contributed by atoms with van der Waals surface area (Å²) in [7, 11) is -4.02. The fraction of sp³-hybridized carbons (Fsp3) is 0.0556. The Hall–Kier alpha value is -3.86. The van der Waals surface area contributed by atoms with E-state index in [0.717, 1.165) is 5.56 Å². The van der Waals surface area contributed by atoms with Gasteiger partial charge < -0.3 is 25.2 Å². The smallest absolute Gasteiger partial charge is 0.339 e. The summed E-state index contributed by atoms with van der Waals surface area (Å²) in [6, 6.07) is 10.2. The Balaban J connectivity index is 1.54. The molecule has 5 N–H and O–H groups in total. The lowest BCUT2D eigenvalue weighted by atomic mass is 10.2. The number of nitrogens with one attached hydrogen (secondary N) is 3. The second-order valence-electron chi connectivity index (χ2n) is 6.08. The predicted octanol–water partition coefficient (Wildman–Crippen LogP) is 1.89. The van der Waals surface area contributed by atoms with Gasteiger partial charge in [0.1, 0.15) is 22.3 Å². The highest BCUT2D eigenvalue weighted by atomic mass is 32.2. The van der Waals surface area contributed by atoms with Gasteiger partial charge in [0.25, 0.3) is 0 Å². The van der Waals surface area contributed by atoms with Crippen LogP contribution in [0.15, 0.2) is 59.8 Å². The van der Waals surface area contributed by atoms with Gasteiger partial charge in [-0.25, -0.2) is 14.8 Å². The number of nitrogens with zero attached hydrogens (tertiary/aromatic N) is 2. The average molecular weight is 412 g/mol. The fourth-order valence-corrected chi connectivity index (χ4v) is 3.64. The molecule has 4 rings (SSSR count). The second kappa shape index (κ2) is 7.28. The first kappa shape index (κ1) is 18.5. The summed E-state index contributed by atoms with van der Waals surface area (Å²) in [6.45, 7) is 0.126. The van der Waals surface area contributed by atoms with Crippen molar-refractivity contribution in [2.75, 3.05) is 0 Å². The normalized spacial score (nSPS) is 11.4. The highest BCUT2D eigenvalue weighted by molar-refractivity contribution is 7.87. The first-order valence-corrected chi connectivity index (χ1v) is 9.88. The minimum absolute atomic E-state index is 0.0151. The van der Waals surface area contributed by atoms with Crippen LogP contribution >= 0.6 is 0 Å². The highest BCUT2D eigenvalue weighted by Gasteiger charge is 2.18. The van der Waals surface area contributed by atoms with E-state index in [1.807, 2.05) is 0 Å². The summed E-state index contributed by atoms with van der Waals surface area (Å²) in [5.41, 5.74) is 6.95. The molecule has 4 aromatic rings. The molecule has 2 heterocycles. The van der Waals surface area contributed by atoms with Gasteiger partial charge in [-0.3, -0.25) is 0 Å². The van der Waals surface area contributed by atoms with E-state index in [9.17, 15) is 13.2 Å². The SMILES string of the molecule is NC(=O)NCc1nc2cc(OS(=O)(=O)c3ccc(-c4ncc[nH]4)cc3)ccc2[nH]1. The number of aromatic nitrogens is 4. The molecule has 0 atom stereocenters. The quantitative estimate of drug-likeness (QED) is 0.354. The summed E-state index contributed by atoms with van der Waals surface area (Å²) >= 11 is 0. The van der Waals surface area contributed by atoms with Crippen LogP contribution < -0.4 is 15.2 Å². The molecule has 2 aromatic carbocycles. The lowest BCUT2D eigenvalue weighted by molar-refractivity contribution is 0.248. The zero-order valence-corrected chi connectivity index (χ0v) is 15.7. The third-order valence-electron chi connectivity index (χ3n) is 4.05. The number of hydrogen-bond donors (Lipinski definition) is 4. The molecule has 2 aromatic heterocycles. The molecule has 0 spiro atoms. The maximum Gasteiger partial charge on any atom is 0.339 e. The van der Waals surface area contributed by atoms with Gasteiger partial charge in [0.15, 0.2) is 0 Å². The maximum atomic E-state index is 12.6. The zero-order valence-electron chi connectivity index (χ0n) is 14.9. The fourth-order valence-electron chi connectivity index (χ4n) is 2.72. The predicted molar refractivity (Wildman–Crippen MR) is 104 cm³/mol. The molecular formula is C18H16N6O4S. The monoisotopic (exact) mass is 412 g/mol. The number of carbonyl (C=O) groups is 1. The van der Waals surface area contributed by atoms with E-state index >= 15 is 0 Å². The van der Waals surface area contributed by atoms with Gasteiger partial charge in [-0.1, -0.05) is 0 Å². The van der Waals surface area contributed by atoms with Gasteiger partial charge in [0.05, 0.1) is 17.6 Å². The van der Waals surface area contributed by atoms with Crippen molar-refractivity contribution in [2.24, 2.45) is 5.73 Å². The lowest BCUT2D eigenvalue weighted by Crippen LogP contribution is -2.29. The van der Waals surface area contributed by atoms with Gasteiger partial charge in [-0.15, -0.1) is 0 Å². The molecule has 11 heteroatoms. The van der Waals surface area contributed by atoms with E-state index in [-0.39, 0.29) is 17.2 Å². The van der Waals surface area contributed by atoms with Crippen LogP contribution in [0.5, 0.6) is 5.75 Å². The van der Waals surface area contributed by atoms with Crippen LogP contribution in [0, 0.1) is 0 Å². The van der Waals surface area contributed by atoms with Crippen LogP contribution in [0.2, 0.25) is 0 Å². The third kappa shape index (κ3) is 4.04. The molecule has 2 amide bonds. The van der Waals surface area contributed by atoms with Gasteiger partial charge in [-0.2, -0.15) is 8.42 Å². The molecule has 0 unspecified atom stereocenters. The number of benzene rings is 2. The number of aromatic amines is 2. The van der Waals surface area contributed by atoms with Crippen molar-refractivity contribution in [3.8, 4) is 17.1 Å². The number of hydrogen-bond acceptors (Lipinski definition) is 6. The van der Waals surface area contributed by atoms with Crippen molar-refractivity contribution in [3.63, 3.8) is 0 Å². The minimum Gasteiger partial charge on any atom is -0.379 e. The zero-order chi connectivity index (χ0) is 20.4. The standard InChI is InChI=1S/C18H16N6O4S/c19-18(25)22-10-16-23-14-6-3-12(9-15(14)24-16)28-29(26,27)13-4-1-11(2-5-13)17-20-7-8-21-17/h1-9H,10H2,(H,20,21)(H,23,24)(H3,19,22,25). The van der Waals surface area contributed by atoms with Crippen LogP contribution in [0.3, 0.4) is 0 Å². The van der Waals surface area contributed by atoms with Crippen molar-refractivity contribution < 1.29 is 17.4 Å². The van der Waals surface area contributed by atoms with E-state index in [0.29, 0.717) is 22.7 Å². The Bertz CT molecular complexity index is 1260. The number of nitrogens with two attached hydrogens (primary N) is 1. The van der Waals surface area contributed by atoms with E-state index in [4.69, 9.17) is 9.92 Å². The van der Waals surface area contributed by atoms with Crippen molar-refractivity contribution in [1.29, 1.82) is 0 Å². The van der Waals surface area contributed by atoms with Crippen molar-refractivity contribution in [1.82, 2.24) is 25.3 Å². The number of primary amides is 1. The van der Waals surface area contributed by atoms with E-state index in [2.05, 4.69) is 25.3 Å². The Morgan fingerprint density at radius 2 is 1.97 bits per heavy atom. The molecule has 0 radical (unpaired) electrons. The Labute approximate surface area is 165 Å². The number of rotatable bonds is 6. The number of amides is 2. The van der Waals surface area contributed by atoms with Gasteiger partial charge in [0, 0.05) is 24.0 Å². The summed E-state index contributed by atoms with van der Waals surface area (Å²) < 4.78 is 30.4. The molecule has 0 saturated heterocycles. The molecule has 10 nitrogen and oxygen atoms in total. The van der Waals surface area contributed by atoms with Crippen molar-refractivity contribution in [2.45, 2.75) is 11.4 Å². The van der Waals surface area contributed by atoms with Gasteiger partial charge >= 0.3 is 16.1 Å². The molecular weight excluding hydrogens is 396 g/mol. The molecule has 0 saturated carbocycles. The number of fused-ring (bicyclic) bond motifs is 1. The van der Waals surface area contributed by atoms with Crippen molar-refractivity contribution >= 4 is 27.2 Å². The molecule has 148 valence electrons. The average Bonchev–Trinajstić information content (AvgIpc) is 3.35. The maximum absolute atomic E-state index is 12.6. The van der Waals surface area contributed by atoms with Gasteiger partial charge in [-0.05, 0) is 36.4 Å². The third-order valence-corrected chi connectivity index (χ3v) is 5.32. The lowest BCUT2D eigenvalue weighted by Gasteiger charge is -2.07. The van der Waals surface area contributed by atoms with E-state index in [1.165, 1.54) is 24.3 Å². The van der Waals surface area contributed by atoms with E-state index < -0.39 is 16.1 Å². The Kier molecular flexibility index (Phi) is 4.64. The van der Waals surface area contributed by atoms with Crippen LogP contribution in [-0.2, 0) is 16.7 Å². The van der Waals surface area contributed by atoms with Crippen LogP contribution in [0.4, 0.5) is 4.79 Å². The summed E-state index contributed by atoms with van der Waals surface area (Å²) in [5, 5.41) is 2.42. The van der Waals surface area contributed by atoms with E-state index in [1.54, 1.807) is 30.6 Å². The van der Waals surface area contributed by atoms with Crippen molar-refractivity contribution in [3.05, 3.63) is 60.7 Å². The summed E-state index contributed by atoms with van der Waals surface area (Å²) in [5.74, 6) is 1.24.